The van der Waals surface area contributed by atoms with E-state index in [2.05, 4.69) is 10.00 Å². The highest BCUT2D eigenvalue weighted by atomic mass is 35.5. The number of rotatable bonds is 7. The zero-order valence-electron chi connectivity index (χ0n) is 18.2. The van der Waals surface area contributed by atoms with Crippen LogP contribution in [0.2, 0.25) is 5.02 Å². The molecule has 4 aromatic rings. The fourth-order valence-electron chi connectivity index (χ4n) is 4.16. The monoisotopic (exact) mass is 484 g/mol. The van der Waals surface area contributed by atoms with E-state index >= 15 is 0 Å². The van der Waals surface area contributed by atoms with Crippen molar-refractivity contribution in [3.63, 3.8) is 0 Å². The molecule has 1 saturated heterocycles. The number of fused-ring (bicyclic) bond motifs is 1. The maximum atomic E-state index is 12.7. The molecule has 2 aromatic heterocycles. The Labute approximate surface area is 203 Å². The molecule has 1 fully saturated rings. The van der Waals surface area contributed by atoms with Crippen molar-refractivity contribution >= 4 is 34.9 Å². The van der Waals surface area contributed by atoms with Crippen LogP contribution >= 0.6 is 24.0 Å². The van der Waals surface area contributed by atoms with Crippen LogP contribution in [0.25, 0.3) is 16.6 Å². The molecule has 0 aliphatic carbocycles. The maximum Gasteiger partial charge on any atom is 0.258 e. The Morgan fingerprint density at radius 2 is 1.76 bits per heavy atom. The van der Waals surface area contributed by atoms with Crippen LogP contribution in [0.4, 0.5) is 0 Å². The number of aromatic nitrogens is 3. The first-order valence-corrected chi connectivity index (χ1v) is 11.3. The summed E-state index contributed by atoms with van der Waals surface area (Å²) >= 11 is 5.91. The van der Waals surface area contributed by atoms with E-state index in [0.717, 1.165) is 35.2 Å². The summed E-state index contributed by atoms with van der Waals surface area (Å²) < 4.78 is 9.44. The van der Waals surface area contributed by atoms with Crippen LogP contribution in [0.1, 0.15) is 18.4 Å². The summed E-state index contributed by atoms with van der Waals surface area (Å²) in [5.74, 6) is 0.539. The Morgan fingerprint density at radius 1 is 0.970 bits per heavy atom. The van der Waals surface area contributed by atoms with Crippen LogP contribution in [0.15, 0.2) is 71.8 Å². The zero-order valence-corrected chi connectivity index (χ0v) is 19.8. The smallest absolute Gasteiger partial charge is 0.258 e. The summed E-state index contributed by atoms with van der Waals surface area (Å²) in [6.45, 7) is 4.65. The van der Waals surface area contributed by atoms with Gasteiger partial charge in [0.1, 0.15) is 12.4 Å². The van der Waals surface area contributed by atoms with Crippen molar-refractivity contribution in [3.05, 3.63) is 87.9 Å². The Bertz CT molecular complexity index is 1280. The third-order valence-electron chi connectivity index (χ3n) is 5.94. The third kappa shape index (κ3) is 5.41. The van der Waals surface area contributed by atoms with Crippen LogP contribution in [0, 0.1) is 0 Å². The lowest BCUT2D eigenvalue weighted by molar-refractivity contribution is 0.305. The molecule has 8 heteroatoms. The van der Waals surface area contributed by atoms with Gasteiger partial charge >= 0.3 is 0 Å². The molecule has 0 saturated carbocycles. The van der Waals surface area contributed by atoms with Crippen molar-refractivity contribution in [1.29, 1.82) is 0 Å². The SMILES string of the molecule is Cl.O=c1cc(OCc2ccc(Cl)cc2)ccn1-c1ccc2c(cnn2CCN2CCCC2)c1. The first kappa shape index (κ1) is 23.4. The molecule has 172 valence electrons. The summed E-state index contributed by atoms with van der Waals surface area (Å²) in [5.41, 5.74) is 2.75. The van der Waals surface area contributed by atoms with Gasteiger partial charge in [0.2, 0.25) is 0 Å². The summed E-state index contributed by atoms with van der Waals surface area (Å²) in [6, 6.07) is 16.8. The molecule has 0 amide bonds. The van der Waals surface area contributed by atoms with Gasteiger partial charge in [-0.25, -0.2) is 0 Å². The number of benzene rings is 2. The fourth-order valence-corrected chi connectivity index (χ4v) is 4.28. The highest BCUT2D eigenvalue weighted by Gasteiger charge is 2.12. The summed E-state index contributed by atoms with van der Waals surface area (Å²) in [4.78, 5) is 15.2. The second-order valence-corrected chi connectivity index (χ2v) is 8.58. The minimum absolute atomic E-state index is 0. The predicted molar refractivity (Wildman–Crippen MR) is 134 cm³/mol. The normalized spacial score (nSPS) is 13.8. The van der Waals surface area contributed by atoms with E-state index in [1.807, 2.05) is 53.3 Å². The zero-order chi connectivity index (χ0) is 21.9. The summed E-state index contributed by atoms with van der Waals surface area (Å²) in [5, 5.41) is 6.27. The van der Waals surface area contributed by atoms with Gasteiger partial charge in [-0.3, -0.25) is 14.0 Å². The van der Waals surface area contributed by atoms with Gasteiger partial charge in [0.15, 0.2) is 0 Å². The van der Waals surface area contributed by atoms with E-state index in [-0.39, 0.29) is 18.0 Å². The minimum atomic E-state index is -0.139. The van der Waals surface area contributed by atoms with Crippen LogP contribution < -0.4 is 10.3 Å². The Kier molecular flexibility index (Phi) is 7.38. The van der Waals surface area contributed by atoms with Gasteiger partial charge in [-0.1, -0.05) is 23.7 Å². The molecule has 0 spiro atoms. The molecule has 0 unspecified atom stereocenters. The van der Waals surface area contributed by atoms with E-state index < -0.39 is 0 Å². The van der Waals surface area contributed by atoms with Gasteiger partial charge in [-0.15, -0.1) is 12.4 Å². The molecule has 2 aromatic carbocycles. The van der Waals surface area contributed by atoms with Crippen molar-refractivity contribution < 1.29 is 4.74 Å². The molecule has 1 aliphatic heterocycles. The maximum absolute atomic E-state index is 12.7. The fraction of sp³-hybridized carbons (Fsp3) is 0.280. The molecule has 1 aliphatic rings. The molecule has 6 nitrogen and oxygen atoms in total. The highest BCUT2D eigenvalue weighted by molar-refractivity contribution is 6.30. The largest absolute Gasteiger partial charge is 0.489 e. The second-order valence-electron chi connectivity index (χ2n) is 8.15. The van der Waals surface area contributed by atoms with E-state index in [4.69, 9.17) is 16.3 Å². The molecule has 0 N–H and O–H groups in total. The topological polar surface area (TPSA) is 52.3 Å². The first-order valence-electron chi connectivity index (χ1n) is 10.9. The highest BCUT2D eigenvalue weighted by Crippen LogP contribution is 2.19. The number of nitrogens with zero attached hydrogens (tertiary/aromatic N) is 4. The van der Waals surface area contributed by atoms with Gasteiger partial charge in [-0.2, -0.15) is 5.10 Å². The number of hydrogen-bond donors (Lipinski definition) is 0. The van der Waals surface area contributed by atoms with Crippen molar-refractivity contribution in [2.45, 2.75) is 26.0 Å². The minimum Gasteiger partial charge on any atom is -0.489 e. The van der Waals surface area contributed by atoms with Crippen molar-refractivity contribution in [2.75, 3.05) is 19.6 Å². The van der Waals surface area contributed by atoms with Crippen molar-refractivity contribution in [2.24, 2.45) is 0 Å². The van der Waals surface area contributed by atoms with Gasteiger partial charge in [0.25, 0.3) is 5.56 Å². The third-order valence-corrected chi connectivity index (χ3v) is 6.19. The van der Waals surface area contributed by atoms with Crippen molar-refractivity contribution in [3.8, 4) is 11.4 Å². The average molecular weight is 485 g/mol. The van der Waals surface area contributed by atoms with Crippen LogP contribution in [-0.4, -0.2) is 38.9 Å². The van der Waals surface area contributed by atoms with Gasteiger partial charge in [0.05, 0.1) is 18.3 Å². The van der Waals surface area contributed by atoms with Gasteiger partial charge in [0, 0.05) is 34.9 Å². The first-order chi connectivity index (χ1) is 15.7. The second kappa shape index (κ2) is 10.4. The van der Waals surface area contributed by atoms with Gasteiger partial charge in [-0.05, 0) is 67.9 Å². The lowest BCUT2D eigenvalue weighted by Crippen LogP contribution is -2.24. The van der Waals surface area contributed by atoms with Crippen LogP contribution in [-0.2, 0) is 13.2 Å². The van der Waals surface area contributed by atoms with E-state index in [1.165, 1.54) is 32.0 Å². The van der Waals surface area contributed by atoms with Gasteiger partial charge < -0.3 is 9.64 Å². The number of hydrogen-bond acceptors (Lipinski definition) is 4. The lowest BCUT2D eigenvalue weighted by Gasteiger charge is -2.14. The van der Waals surface area contributed by atoms with Crippen LogP contribution in [0.3, 0.4) is 0 Å². The van der Waals surface area contributed by atoms with E-state index in [1.54, 1.807) is 16.8 Å². The summed E-state index contributed by atoms with van der Waals surface area (Å²) in [6.07, 6.45) is 6.21. The molecule has 0 bridgehead atoms. The van der Waals surface area contributed by atoms with E-state index in [0.29, 0.717) is 17.4 Å². The van der Waals surface area contributed by atoms with Crippen molar-refractivity contribution in [1.82, 2.24) is 19.2 Å². The standard InChI is InChI=1S/C25H25ClN4O2.ClH/c26-21-5-3-19(4-6-21)18-32-23-9-12-29(25(31)16-23)22-7-8-24-20(15-22)17-27-30(24)14-13-28-10-1-2-11-28;/h3-9,12,15-17H,1-2,10-11,13-14,18H2;1H. The Balaban J connectivity index is 0.00000259. The number of pyridine rings is 1. The Morgan fingerprint density at radius 3 is 2.52 bits per heavy atom. The molecule has 0 atom stereocenters. The number of halogens is 2. The molecule has 3 heterocycles. The average Bonchev–Trinajstić information content (AvgIpc) is 3.47. The summed E-state index contributed by atoms with van der Waals surface area (Å²) in [7, 11) is 0. The Hall–Kier alpha value is -2.80. The molecule has 33 heavy (non-hydrogen) atoms. The van der Waals surface area contributed by atoms with E-state index in [9.17, 15) is 4.79 Å². The molecule has 0 radical (unpaired) electrons. The quantitative estimate of drug-likeness (QED) is 0.372. The number of ether oxygens (including phenoxy) is 1. The molecular formula is C25H26Cl2N4O2. The number of likely N-dealkylation sites (tertiary alicyclic amines) is 1. The predicted octanol–water partition coefficient (Wildman–Crippen LogP) is 4.94. The lowest BCUT2D eigenvalue weighted by atomic mass is 10.2. The van der Waals surface area contributed by atoms with Crippen LogP contribution in [0.5, 0.6) is 5.75 Å². The molecular weight excluding hydrogens is 459 g/mol. The molecule has 5 rings (SSSR count).